The van der Waals surface area contributed by atoms with Gasteiger partial charge < -0.3 is 10.5 Å². The molecule has 1 atom stereocenters. The number of nitrogens with zero attached hydrogens (tertiary/aromatic N) is 2. The van der Waals surface area contributed by atoms with E-state index in [4.69, 9.17) is 10.5 Å². The van der Waals surface area contributed by atoms with Gasteiger partial charge in [-0.2, -0.15) is 0 Å². The molecule has 1 aromatic rings. The summed E-state index contributed by atoms with van der Waals surface area (Å²) in [5.41, 5.74) is 6.86. The summed E-state index contributed by atoms with van der Waals surface area (Å²) in [4.78, 5) is 8.90. The second-order valence-corrected chi connectivity index (χ2v) is 4.31. The Kier molecular flexibility index (Phi) is 3.72. The maximum Gasteiger partial charge on any atom is 0.136 e. The summed E-state index contributed by atoms with van der Waals surface area (Å²) in [7, 11) is 0. The molecule has 1 aliphatic heterocycles. The lowest BCUT2D eigenvalue weighted by Gasteiger charge is -2.21. The number of aromatic nitrogens is 2. The summed E-state index contributed by atoms with van der Waals surface area (Å²) in [6.45, 7) is 3.73. The van der Waals surface area contributed by atoms with Gasteiger partial charge in [0.2, 0.25) is 0 Å². The molecule has 0 amide bonds. The lowest BCUT2D eigenvalue weighted by Crippen LogP contribution is -2.19. The van der Waals surface area contributed by atoms with E-state index < -0.39 is 0 Å². The molecular formula is C12H19N3O. The zero-order chi connectivity index (χ0) is 11.4. The third-order valence-corrected chi connectivity index (χ3v) is 2.85. The van der Waals surface area contributed by atoms with Crippen LogP contribution in [-0.4, -0.2) is 23.2 Å². The molecule has 88 valence electrons. The molecule has 4 nitrogen and oxygen atoms in total. The van der Waals surface area contributed by atoms with Gasteiger partial charge in [-0.3, -0.25) is 0 Å². The summed E-state index contributed by atoms with van der Waals surface area (Å²) < 4.78 is 5.46. The van der Waals surface area contributed by atoms with Gasteiger partial charge in [0, 0.05) is 24.3 Å². The van der Waals surface area contributed by atoms with Crippen molar-refractivity contribution in [1.82, 2.24) is 9.97 Å². The second-order valence-electron chi connectivity index (χ2n) is 4.31. The number of hydrogen-bond donors (Lipinski definition) is 1. The Hall–Kier alpha value is -1.16. The predicted octanol–water partition coefficient (Wildman–Crippen LogP) is 1.91. The minimum absolute atomic E-state index is 0.327. The highest BCUT2D eigenvalue weighted by molar-refractivity contribution is 5.30. The number of nitrogen functional groups attached to an aromatic ring is 1. The molecule has 0 aliphatic carbocycles. The maximum absolute atomic E-state index is 5.80. The number of hydrogen-bond acceptors (Lipinski definition) is 4. The molecule has 1 fully saturated rings. The first-order valence-corrected chi connectivity index (χ1v) is 6.00. The van der Waals surface area contributed by atoms with Crippen LogP contribution in [0.5, 0.6) is 0 Å². The maximum atomic E-state index is 5.80. The minimum atomic E-state index is 0.327. The van der Waals surface area contributed by atoms with E-state index in [-0.39, 0.29) is 0 Å². The average molecular weight is 221 g/mol. The van der Waals surface area contributed by atoms with E-state index in [2.05, 4.69) is 16.9 Å². The van der Waals surface area contributed by atoms with Crippen LogP contribution in [0.1, 0.15) is 43.6 Å². The van der Waals surface area contributed by atoms with E-state index in [1.807, 2.05) is 6.07 Å². The zero-order valence-corrected chi connectivity index (χ0v) is 9.78. The van der Waals surface area contributed by atoms with E-state index >= 15 is 0 Å². The summed E-state index contributed by atoms with van der Waals surface area (Å²) in [6.07, 6.45) is 4.24. The lowest BCUT2D eigenvalue weighted by molar-refractivity contribution is 0.0780. The predicted molar refractivity (Wildman–Crippen MR) is 63.2 cm³/mol. The molecule has 1 aliphatic rings. The van der Waals surface area contributed by atoms with Gasteiger partial charge in [-0.1, -0.05) is 13.3 Å². The topological polar surface area (TPSA) is 61.0 Å². The third-order valence-electron chi connectivity index (χ3n) is 2.85. The lowest BCUT2D eigenvalue weighted by atomic mass is 10.0. The Balaban J connectivity index is 2.18. The standard InChI is InChI=1S/C12H19N3O/c1-2-4-10-7-11(13)15-12(14-10)9-5-3-6-16-8-9/h7,9H,2-6,8H2,1H3,(H2,13,14,15). The largest absolute Gasteiger partial charge is 0.384 e. The van der Waals surface area contributed by atoms with Crippen LogP contribution in [0.25, 0.3) is 0 Å². The molecule has 1 unspecified atom stereocenters. The first kappa shape index (κ1) is 11.3. The summed E-state index contributed by atoms with van der Waals surface area (Å²) in [6, 6.07) is 1.87. The fourth-order valence-corrected chi connectivity index (χ4v) is 2.05. The van der Waals surface area contributed by atoms with Crippen LogP contribution in [0.4, 0.5) is 5.82 Å². The first-order valence-electron chi connectivity index (χ1n) is 6.00. The van der Waals surface area contributed by atoms with Crippen LogP contribution >= 0.6 is 0 Å². The zero-order valence-electron chi connectivity index (χ0n) is 9.78. The highest BCUT2D eigenvalue weighted by Crippen LogP contribution is 2.23. The molecule has 4 heteroatoms. The molecule has 0 radical (unpaired) electrons. The van der Waals surface area contributed by atoms with Crippen molar-refractivity contribution in [3.63, 3.8) is 0 Å². The van der Waals surface area contributed by atoms with Crippen molar-refractivity contribution < 1.29 is 4.74 Å². The molecule has 2 N–H and O–H groups in total. The van der Waals surface area contributed by atoms with Gasteiger partial charge in [-0.05, 0) is 19.3 Å². The van der Waals surface area contributed by atoms with Gasteiger partial charge in [0.05, 0.1) is 6.61 Å². The van der Waals surface area contributed by atoms with Crippen LogP contribution in [0.2, 0.25) is 0 Å². The Bertz CT molecular complexity index is 348. The van der Waals surface area contributed by atoms with Crippen molar-refractivity contribution in [3.05, 3.63) is 17.6 Å². The van der Waals surface area contributed by atoms with Crippen LogP contribution in [0.15, 0.2) is 6.07 Å². The van der Waals surface area contributed by atoms with Crippen LogP contribution in [0.3, 0.4) is 0 Å². The molecule has 16 heavy (non-hydrogen) atoms. The van der Waals surface area contributed by atoms with Crippen molar-refractivity contribution in [1.29, 1.82) is 0 Å². The number of aryl methyl sites for hydroxylation is 1. The second kappa shape index (κ2) is 5.25. The molecule has 2 heterocycles. The monoisotopic (exact) mass is 221 g/mol. The van der Waals surface area contributed by atoms with Crippen molar-refractivity contribution in [2.45, 2.75) is 38.5 Å². The van der Waals surface area contributed by atoms with Gasteiger partial charge in [0.1, 0.15) is 11.6 Å². The highest BCUT2D eigenvalue weighted by atomic mass is 16.5. The number of ether oxygens (including phenoxy) is 1. The summed E-state index contributed by atoms with van der Waals surface area (Å²) in [5.74, 6) is 1.77. The van der Waals surface area contributed by atoms with E-state index in [1.54, 1.807) is 0 Å². The van der Waals surface area contributed by atoms with Crippen molar-refractivity contribution in [2.24, 2.45) is 0 Å². The average Bonchev–Trinajstić information content (AvgIpc) is 2.30. The molecule has 0 spiro atoms. The van der Waals surface area contributed by atoms with Gasteiger partial charge in [-0.15, -0.1) is 0 Å². The van der Waals surface area contributed by atoms with Gasteiger partial charge in [-0.25, -0.2) is 9.97 Å². The fraction of sp³-hybridized carbons (Fsp3) is 0.667. The van der Waals surface area contributed by atoms with E-state index in [0.717, 1.165) is 50.4 Å². The first-order chi connectivity index (χ1) is 7.79. The molecule has 0 saturated carbocycles. The third kappa shape index (κ3) is 2.70. The molecular weight excluding hydrogens is 202 g/mol. The summed E-state index contributed by atoms with van der Waals surface area (Å²) >= 11 is 0. The van der Waals surface area contributed by atoms with Gasteiger partial charge in [0.25, 0.3) is 0 Å². The quantitative estimate of drug-likeness (QED) is 0.847. The van der Waals surface area contributed by atoms with Crippen molar-refractivity contribution in [2.75, 3.05) is 18.9 Å². The smallest absolute Gasteiger partial charge is 0.136 e. The molecule has 2 rings (SSSR count). The van der Waals surface area contributed by atoms with E-state index in [0.29, 0.717) is 11.7 Å². The summed E-state index contributed by atoms with van der Waals surface area (Å²) in [5, 5.41) is 0. The molecule has 1 saturated heterocycles. The molecule has 1 aromatic heterocycles. The van der Waals surface area contributed by atoms with Crippen LogP contribution in [-0.2, 0) is 11.2 Å². The van der Waals surface area contributed by atoms with Crippen molar-refractivity contribution >= 4 is 5.82 Å². The van der Waals surface area contributed by atoms with Gasteiger partial charge >= 0.3 is 0 Å². The number of nitrogens with two attached hydrogens (primary N) is 1. The molecule has 0 bridgehead atoms. The Labute approximate surface area is 96.2 Å². The number of rotatable bonds is 3. The fourth-order valence-electron chi connectivity index (χ4n) is 2.05. The Morgan fingerprint density at radius 3 is 3.06 bits per heavy atom. The Morgan fingerprint density at radius 1 is 1.50 bits per heavy atom. The van der Waals surface area contributed by atoms with Gasteiger partial charge in [0.15, 0.2) is 0 Å². The molecule has 0 aromatic carbocycles. The highest BCUT2D eigenvalue weighted by Gasteiger charge is 2.19. The number of anilines is 1. The minimum Gasteiger partial charge on any atom is -0.384 e. The van der Waals surface area contributed by atoms with E-state index in [1.165, 1.54) is 0 Å². The van der Waals surface area contributed by atoms with Crippen LogP contribution < -0.4 is 5.73 Å². The van der Waals surface area contributed by atoms with Crippen LogP contribution in [0, 0.1) is 0 Å². The SMILES string of the molecule is CCCc1cc(N)nc(C2CCCOC2)n1. The normalized spacial score (nSPS) is 20.9. The Morgan fingerprint density at radius 2 is 2.38 bits per heavy atom. The van der Waals surface area contributed by atoms with Crippen molar-refractivity contribution in [3.8, 4) is 0 Å². The van der Waals surface area contributed by atoms with E-state index in [9.17, 15) is 0 Å².